The van der Waals surface area contributed by atoms with Gasteiger partial charge in [-0.25, -0.2) is 0 Å². The number of likely N-dealkylation sites (tertiary alicyclic amines) is 1. The van der Waals surface area contributed by atoms with E-state index in [4.69, 9.17) is 4.74 Å². The van der Waals surface area contributed by atoms with Crippen molar-refractivity contribution in [3.8, 4) is 5.75 Å². The van der Waals surface area contributed by atoms with Gasteiger partial charge in [-0.15, -0.1) is 0 Å². The van der Waals surface area contributed by atoms with Crippen LogP contribution in [0.3, 0.4) is 0 Å². The lowest BCUT2D eigenvalue weighted by Crippen LogP contribution is -2.31. The number of imide groups is 1. The molecule has 160 valence electrons. The van der Waals surface area contributed by atoms with Gasteiger partial charge in [-0.05, 0) is 56.7 Å². The van der Waals surface area contributed by atoms with Crippen molar-refractivity contribution in [2.24, 2.45) is 0 Å². The van der Waals surface area contributed by atoms with E-state index < -0.39 is 0 Å². The Balaban J connectivity index is 1.22. The third-order valence-electron chi connectivity index (χ3n) is 6.50. The Morgan fingerprint density at radius 3 is 2.29 bits per heavy atom. The maximum absolute atomic E-state index is 12.5. The van der Waals surface area contributed by atoms with E-state index in [-0.39, 0.29) is 11.8 Å². The number of rotatable bonds is 6. The number of nitrogens with zero attached hydrogens (tertiary/aromatic N) is 2. The van der Waals surface area contributed by atoms with Gasteiger partial charge in [0, 0.05) is 36.5 Å². The Kier molecular flexibility index (Phi) is 5.49. The fourth-order valence-electron chi connectivity index (χ4n) is 4.94. The highest BCUT2D eigenvalue weighted by Crippen LogP contribution is 2.36. The number of ether oxygens (including phenoxy) is 1. The Morgan fingerprint density at radius 2 is 1.55 bits per heavy atom. The van der Waals surface area contributed by atoms with Gasteiger partial charge in [0.1, 0.15) is 5.75 Å². The molecule has 1 aliphatic carbocycles. The quantitative estimate of drug-likeness (QED) is 0.513. The van der Waals surface area contributed by atoms with Crippen molar-refractivity contribution in [2.45, 2.75) is 38.5 Å². The minimum Gasteiger partial charge on any atom is -0.493 e. The molecule has 31 heavy (non-hydrogen) atoms. The molecule has 2 amide bonds. The fourth-order valence-corrected chi connectivity index (χ4v) is 4.94. The lowest BCUT2D eigenvalue weighted by atomic mass is 9.92. The molecule has 2 aromatic carbocycles. The number of carbonyl (C=O) groups excluding carboxylic acids is 2. The minimum atomic E-state index is -0.200. The topological polar surface area (TPSA) is 49.9 Å². The number of hydrogen-bond donors (Lipinski definition) is 0. The Labute approximate surface area is 183 Å². The fraction of sp³-hybridized carbons (Fsp3) is 0.385. The van der Waals surface area contributed by atoms with Gasteiger partial charge in [-0.1, -0.05) is 30.3 Å². The van der Waals surface area contributed by atoms with Crippen LogP contribution in [0.5, 0.6) is 5.75 Å². The van der Waals surface area contributed by atoms with Crippen LogP contribution >= 0.6 is 0 Å². The molecule has 0 saturated carbocycles. The summed E-state index contributed by atoms with van der Waals surface area (Å²) >= 11 is 0. The van der Waals surface area contributed by atoms with Crippen LogP contribution in [0.2, 0.25) is 0 Å². The highest BCUT2D eigenvalue weighted by Gasteiger charge is 2.34. The second-order valence-corrected chi connectivity index (χ2v) is 8.47. The third-order valence-corrected chi connectivity index (χ3v) is 6.50. The molecule has 0 atom stereocenters. The van der Waals surface area contributed by atoms with E-state index in [2.05, 4.69) is 23.1 Å². The van der Waals surface area contributed by atoms with Crippen LogP contribution in [0.25, 0.3) is 5.70 Å². The van der Waals surface area contributed by atoms with Gasteiger partial charge in [0.15, 0.2) is 0 Å². The average Bonchev–Trinajstić information content (AvgIpc) is 3.07. The van der Waals surface area contributed by atoms with E-state index in [1.54, 1.807) is 24.3 Å². The number of amides is 2. The molecule has 5 rings (SSSR count). The second-order valence-electron chi connectivity index (χ2n) is 8.47. The molecular formula is C26H28N2O3. The van der Waals surface area contributed by atoms with Crippen molar-refractivity contribution < 1.29 is 14.3 Å². The first-order valence-electron chi connectivity index (χ1n) is 11.4. The average molecular weight is 417 g/mol. The van der Waals surface area contributed by atoms with Crippen LogP contribution < -0.4 is 4.74 Å². The zero-order valence-corrected chi connectivity index (χ0v) is 17.8. The third kappa shape index (κ3) is 3.73. The number of benzene rings is 2. The van der Waals surface area contributed by atoms with E-state index in [0.717, 1.165) is 31.7 Å². The van der Waals surface area contributed by atoms with Crippen molar-refractivity contribution in [1.82, 2.24) is 9.80 Å². The van der Waals surface area contributed by atoms with Crippen molar-refractivity contribution in [3.05, 3.63) is 70.8 Å². The lowest BCUT2D eigenvalue weighted by molar-refractivity contribution is 0.0646. The molecule has 0 N–H and O–H groups in total. The molecule has 2 heterocycles. The summed E-state index contributed by atoms with van der Waals surface area (Å²) in [4.78, 5) is 28.9. The first kappa shape index (κ1) is 19.9. The molecule has 3 aliphatic rings. The van der Waals surface area contributed by atoms with E-state index in [9.17, 15) is 9.59 Å². The summed E-state index contributed by atoms with van der Waals surface area (Å²) in [5.41, 5.74) is 4.94. The summed E-state index contributed by atoms with van der Waals surface area (Å²) in [7, 11) is 0. The Bertz CT molecular complexity index is 1000. The van der Waals surface area contributed by atoms with E-state index >= 15 is 0 Å². The summed E-state index contributed by atoms with van der Waals surface area (Å²) in [5.74, 6) is 0.533. The SMILES string of the molecule is O=C1c2ccccc2C(=O)N1CCCOc1cccc2c1CCC=C2N1CCCCC1. The summed E-state index contributed by atoms with van der Waals surface area (Å²) < 4.78 is 6.15. The zero-order valence-electron chi connectivity index (χ0n) is 17.8. The normalized spacial score (nSPS) is 18.0. The molecular weight excluding hydrogens is 388 g/mol. The van der Waals surface area contributed by atoms with Crippen LogP contribution in [0, 0.1) is 0 Å². The van der Waals surface area contributed by atoms with Gasteiger partial charge in [0.25, 0.3) is 11.8 Å². The summed E-state index contributed by atoms with van der Waals surface area (Å²) in [5, 5.41) is 0. The predicted octanol–water partition coefficient (Wildman–Crippen LogP) is 4.52. The van der Waals surface area contributed by atoms with Gasteiger partial charge in [-0.3, -0.25) is 14.5 Å². The lowest BCUT2D eigenvalue weighted by Gasteiger charge is -2.34. The first-order chi connectivity index (χ1) is 15.2. The second kappa shape index (κ2) is 8.58. The maximum Gasteiger partial charge on any atom is 0.261 e. The molecule has 5 heteroatoms. The number of carbonyl (C=O) groups is 2. The van der Waals surface area contributed by atoms with E-state index in [1.807, 2.05) is 6.07 Å². The molecule has 0 bridgehead atoms. The van der Waals surface area contributed by atoms with Gasteiger partial charge in [0.05, 0.1) is 17.7 Å². The van der Waals surface area contributed by atoms with Crippen molar-refractivity contribution in [3.63, 3.8) is 0 Å². The summed E-state index contributed by atoms with van der Waals surface area (Å²) in [6.45, 7) is 3.13. The van der Waals surface area contributed by atoms with Gasteiger partial charge in [0.2, 0.25) is 0 Å². The maximum atomic E-state index is 12.5. The molecule has 0 aromatic heterocycles. The summed E-state index contributed by atoms with van der Waals surface area (Å²) in [6, 6.07) is 13.3. The Morgan fingerprint density at radius 1 is 0.839 bits per heavy atom. The van der Waals surface area contributed by atoms with Gasteiger partial charge < -0.3 is 9.64 Å². The highest BCUT2D eigenvalue weighted by atomic mass is 16.5. The standard InChI is InChI=1S/C26H28N2O3/c29-25-21-9-2-3-10-22(21)26(30)28(25)17-8-18-31-24-14-7-11-19-20(24)12-6-13-23(19)27-15-4-1-5-16-27/h2-3,7,9-11,13-14H,1,4-6,8,12,15-18H2. The van der Waals surface area contributed by atoms with Crippen LogP contribution in [0.1, 0.15) is 63.9 Å². The van der Waals surface area contributed by atoms with Gasteiger partial charge >= 0.3 is 0 Å². The molecule has 0 spiro atoms. The molecule has 2 aromatic rings. The first-order valence-corrected chi connectivity index (χ1v) is 11.4. The molecule has 2 aliphatic heterocycles. The number of fused-ring (bicyclic) bond motifs is 2. The molecule has 1 fully saturated rings. The van der Waals surface area contributed by atoms with Crippen molar-refractivity contribution in [1.29, 1.82) is 0 Å². The predicted molar refractivity (Wildman–Crippen MR) is 120 cm³/mol. The van der Waals surface area contributed by atoms with Crippen LogP contribution in [-0.4, -0.2) is 47.9 Å². The van der Waals surface area contributed by atoms with Crippen molar-refractivity contribution in [2.75, 3.05) is 26.2 Å². The monoisotopic (exact) mass is 416 g/mol. The highest BCUT2D eigenvalue weighted by molar-refractivity contribution is 6.21. The van der Waals surface area contributed by atoms with E-state index in [0.29, 0.717) is 30.7 Å². The minimum absolute atomic E-state index is 0.200. The van der Waals surface area contributed by atoms with E-state index in [1.165, 1.54) is 41.0 Å². The molecule has 1 saturated heterocycles. The molecule has 0 unspecified atom stereocenters. The molecule has 5 nitrogen and oxygen atoms in total. The Hall–Kier alpha value is -3.08. The number of piperidine rings is 1. The van der Waals surface area contributed by atoms with Crippen LogP contribution in [-0.2, 0) is 6.42 Å². The number of hydrogen-bond acceptors (Lipinski definition) is 4. The number of allylic oxidation sites excluding steroid dienone is 1. The summed E-state index contributed by atoms with van der Waals surface area (Å²) in [6.07, 6.45) is 8.87. The molecule has 0 radical (unpaired) electrons. The van der Waals surface area contributed by atoms with Crippen molar-refractivity contribution >= 4 is 17.5 Å². The largest absolute Gasteiger partial charge is 0.493 e. The zero-order chi connectivity index (χ0) is 21.2. The smallest absolute Gasteiger partial charge is 0.261 e. The van der Waals surface area contributed by atoms with Crippen LogP contribution in [0.4, 0.5) is 0 Å². The van der Waals surface area contributed by atoms with Gasteiger partial charge in [-0.2, -0.15) is 0 Å². The van der Waals surface area contributed by atoms with Crippen LogP contribution in [0.15, 0.2) is 48.5 Å².